The minimum Gasteiger partial charge on any atom is -0.508 e. The summed E-state index contributed by atoms with van der Waals surface area (Å²) in [7, 11) is 0. The van der Waals surface area contributed by atoms with E-state index in [0.717, 1.165) is 4.47 Å². The largest absolute Gasteiger partial charge is 0.508 e. The third-order valence-electron chi connectivity index (χ3n) is 2.65. The SMILES string of the molecule is N#C/C(=C\c1ccc(O)cc1)C(=O)Nc1cccc(Br)c1. The van der Waals surface area contributed by atoms with Gasteiger partial charge in [0.1, 0.15) is 17.4 Å². The highest BCUT2D eigenvalue weighted by Crippen LogP contribution is 2.17. The summed E-state index contributed by atoms with van der Waals surface area (Å²) in [6, 6.07) is 15.2. The Hall–Kier alpha value is -2.58. The van der Waals surface area contributed by atoms with Crippen LogP contribution >= 0.6 is 15.9 Å². The number of phenols is 1. The van der Waals surface area contributed by atoms with E-state index >= 15 is 0 Å². The van der Waals surface area contributed by atoms with E-state index in [-0.39, 0.29) is 11.3 Å². The standard InChI is InChI=1S/C16H11BrN2O2/c17-13-2-1-3-14(9-13)19-16(21)12(10-18)8-11-4-6-15(20)7-5-11/h1-9,20H,(H,19,21)/b12-8+. The molecule has 0 atom stereocenters. The highest BCUT2D eigenvalue weighted by Gasteiger charge is 2.09. The van der Waals surface area contributed by atoms with Crippen molar-refractivity contribution in [2.24, 2.45) is 0 Å². The van der Waals surface area contributed by atoms with Gasteiger partial charge in [-0.2, -0.15) is 5.26 Å². The molecule has 0 radical (unpaired) electrons. The summed E-state index contributed by atoms with van der Waals surface area (Å²) in [5.41, 5.74) is 1.25. The zero-order valence-electron chi connectivity index (χ0n) is 10.9. The van der Waals surface area contributed by atoms with Crippen molar-refractivity contribution >= 4 is 33.6 Å². The van der Waals surface area contributed by atoms with Gasteiger partial charge in [0, 0.05) is 10.2 Å². The van der Waals surface area contributed by atoms with Gasteiger partial charge in [0.25, 0.3) is 5.91 Å². The average Bonchev–Trinajstić information content (AvgIpc) is 2.46. The molecule has 0 saturated carbocycles. The van der Waals surface area contributed by atoms with Gasteiger partial charge in [-0.25, -0.2) is 0 Å². The summed E-state index contributed by atoms with van der Waals surface area (Å²) in [6.45, 7) is 0. The number of nitrogens with zero attached hydrogens (tertiary/aromatic N) is 1. The van der Waals surface area contributed by atoms with Crippen molar-refractivity contribution < 1.29 is 9.90 Å². The number of hydrogen-bond donors (Lipinski definition) is 2. The summed E-state index contributed by atoms with van der Waals surface area (Å²) < 4.78 is 0.835. The van der Waals surface area contributed by atoms with Crippen LogP contribution in [0.1, 0.15) is 5.56 Å². The second-order valence-electron chi connectivity index (χ2n) is 4.23. The van der Waals surface area contributed by atoms with Gasteiger partial charge >= 0.3 is 0 Å². The van der Waals surface area contributed by atoms with E-state index in [4.69, 9.17) is 5.26 Å². The van der Waals surface area contributed by atoms with Crippen LogP contribution in [0.5, 0.6) is 5.75 Å². The van der Waals surface area contributed by atoms with E-state index in [0.29, 0.717) is 11.3 Å². The quantitative estimate of drug-likeness (QED) is 0.659. The van der Waals surface area contributed by atoms with Gasteiger partial charge in [-0.05, 0) is 42.0 Å². The van der Waals surface area contributed by atoms with Gasteiger partial charge < -0.3 is 10.4 Å². The molecule has 0 saturated heterocycles. The molecule has 1 amide bonds. The molecule has 5 heteroatoms. The van der Waals surface area contributed by atoms with Gasteiger partial charge in [-0.1, -0.05) is 34.1 Å². The Balaban J connectivity index is 2.19. The molecule has 2 aromatic rings. The lowest BCUT2D eigenvalue weighted by Gasteiger charge is -2.04. The molecule has 2 aromatic carbocycles. The Labute approximate surface area is 130 Å². The molecule has 104 valence electrons. The van der Waals surface area contributed by atoms with Gasteiger partial charge in [0.15, 0.2) is 0 Å². The Kier molecular flexibility index (Phi) is 4.75. The van der Waals surface area contributed by atoms with E-state index in [2.05, 4.69) is 21.2 Å². The summed E-state index contributed by atoms with van der Waals surface area (Å²) in [6.07, 6.45) is 1.47. The predicted molar refractivity (Wildman–Crippen MR) is 84.5 cm³/mol. The minimum absolute atomic E-state index is 0.0133. The highest BCUT2D eigenvalue weighted by atomic mass is 79.9. The van der Waals surface area contributed by atoms with Gasteiger partial charge in [-0.3, -0.25) is 4.79 Å². The van der Waals surface area contributed by atoms with Crippen LogP contribution in [-0.4, -0.2) is 11.0 Å². The summed E-state index contributed by atoms with van der Waals surface area (Å²) >= 11 is 3.31. The van der Waals surface area contributed by atoms with Crippen LogP contribution in [0.25, 0.3) is 6.08 Å². The second kappa shape index (κ2) is 6.73. The van der Waals surface area contributed by atoms with Crippen LogP contribution in [0.4, 0.5) is 5.69 Å². The van der Waals surface area contributed by atoms with Gasteiger partial charge in [-0.15, -0.1) is 0 Å². The van der Waals surface area contributed by atoms with Crippen LogP contribution in [0.15, 0.2) is 58.6 Å². The number of carbonyl (C=O) groups is 1. The third-order valence-corrected chi connectivity index (χ3v) is 3.14. The van der Waals surface area contributed by atoms with Crippen molar-refractivity contribution in [1.29, 1.82) is 5.26 Å². The lowest BCUT2D eigenvalue weighted by molar-refractivity contribution is -0.112. The van der Waals surface area contributed by atoms with Crippen molar-refractivity contribution in [1.82, 2.24) is 0 Å². The summed E-state index contributed by atoms with van der Waals surface area (Å²) in [5, 5.41) is 21.0. The first-order valence-corrected chi connectivity index (χ1v) is 6.85. The molecule has 0 bridgehead atoms. The lowest BCUT2D eigenvalue weighted by Crippen LogP contribution is -2.13. The van der Waals surface area contributed by atoms with E-state index in [1.165, 1.54) is 18.2 Å². The highest BCUT2D eigenvalue weighted by molar-refractivity contribution is 9.10. The molecule has 4 nitrogen and oxygen atoms in total. The van der Waals surface area contributed by atoms with Crippen LogP contribution < -0.4 is 5.32 Å². The first-order chi connectivity index (χ1) is 10.1. The summed E-state index contributed by atoms with van der Waals surface area (Å²) in [5.74, 6) is -0.354. The maximum absolute atomic E-state index is 12.1. The fraction of sp³-hybridized carbons (Fsp3) is 0. The maximum Gasteiger partial charge on any atom is 0.266 e. The molecule has 0 unspecified atom stereocenters. The smallest absolute Gasteiger partial charge is 0.266 e. The van der Waals surface area contributed by atoms with Crippen molar-refractivity contribution in [2.45, 2.75) is 0 Å². The van der Waals surface area contributed by atoms with Crippen molar-refractivity contribution in [3.8, 4) is 11.8 Å². The third kappa shape index (κ3) is 4.20. The van der Waals surface area contributed by atoms with E-state index in [9.17, 15) is 9.90 Å². The molecule has 21 heavy (non-hydrogen) atoms. The predicted octanol–water partition coefficient (Wildman–Crippen LogP) is 3.70. The van der Waals surface area contributed by atoms with Gasteiger partial charge in [0.05, 0.1) is 0 Å². The molecule has 2 rings (SSSR count). The normalized spacial score (nSPS) is 10.8. The number of nitriles is 1. The molecule has 0 spiro atoms. The molecule has 0 fully saturated rings. The lowest BCUT2D eigenvalue weighted by atomic mass is 10.1. The van der Waals surface area contributed by atoms with E-state index < -0.39 is 5.91 Å². The molecule has 0 aliphatic rings. The van der Waals surface area contributed by atoms with Gasteiger partial charge in [0.2, 0.25) is 0 Å². The number of anilines is 1. The molecule has 2 N–H and O–H groups in total. The monoisotopic (exact) mass is 342 g/mol. The van der Waals surface area contributed by atoms with Crippen LogP contribution in [0.2, 0.25) is 0 Å². The number of hydrogen-bond acceptors (Lipinski definition) is 3. The molecular formula is C16H11BrN2O2. The van der Waals surface area contributed by atoms with E-state index in [1.54, 1.807) is 30.3 Å². The number of carbonyl (C=O) groups excluding carboxylic acids is 1. The number of nitrogens with one attached hydrogen (secondary N) is 1. The number of phenolic OH excluding ortho intramolecular Hbond substituents is 1. The zero-order valence-corrected chi connectivity index (χ0v) is 12.5. The zero-order chi connectivity index (χ0) is 15.2. The molecule has 0 heterocycles. The summed E-state index contributed by atoms with van der Waals surface area (Å²) in [4.78, 5) is 12.1. The first kappa shape index (κ1) is 14.8. The molecule has 0 aromatic heterocycles. The van der Waals surface area contributed by atoms with Crippen LogP contribution in [0.3, 0.4) is 0 Å². The second-order valence-corrected chi connectivity index (χ2v) is 5.14. The number of amides is 1. The molecular weight excluding hydrogens is 332 g/mol. The fourth-order valence-corrected chi connectivity index (χ4v) is 2.05. The Morgan fingerprint density at radius 2 is 1.95 bits per heavy atom. The topological polar surface area (TPSA) is 73.1 Å². The first-order valence-electron chi connectivity index (χ1n) is 6.06. The number of halogens is 1. The fourth-order valence-electron chi connectivity index (χ4n) is 1.65. The number of benzene rings is 2. The van der Waals surface area contributed by atoms with Crippen LogP contribution in [-0.2, 0) is 4.79 Å². The average molecular weight is 343 g/mol. The Morgan fingerprint density at radius 1 is 1.24 bits per heavy atom. The molecule has 0 aliphatic heterocycles. The van der Waals surface area contributed by atoms with Crippen molar-refractivity contribution in [2.75, 3.05) is 5.32 Å². The number of rotatable bonds is 3. The van der Waals surface area contributed by atoms with Crippen molar-refractivity contribution in [3.63, 3.8) is 0 Å². The Bertz CT molecular complexity index is 731. The molecule has 0 aliphatic carbocycles. The number of aromatic hydroxyl groups is 1. The van der Waals surface area contributed by atoms with E-state index in [1.807, 2.05) is 12.1 Å². The Morgan fingerprint density at radius 3 is 2.57 bits per heavy atom. The van der Waals surface area contributed by atoms with Crippen molar-refractivity contribution in [3.05, 3.63) is 64.1 Å². The maximum atomic E-state index is 12.1. The minimum atomic E-state index is -0.483. The van der Waals surface area contributed by atoms with Crippen LogP contribution in [0, 0.1) is 11.3 Å².